The summed E-state index contributed by atoms with van der Waals surface area (Å²) in [4.78, 5) is 0. The summed E-state index contributed by atoms with van der Waals surface area (Å²) in [7, 11) is -0.376. The molecule has 1 unspecified atom stereocenters. The Labute approximate surface area is 153 Å². The third kappa shape index (κ3) is 4.30. The van der Waals surface area contributed by atoms with E-state index in [2.05, 4.69) is 86.4 Å². The third-order valence-corrected chi connectivity index (χ3v) is 5.25. The summed E-state index contributed by atoms with van der Waals surface area (Å²) < 4.78 is 10.5. The van der Waals surface area contributed by atoms with Crippen LogP contribution in [0.2, 0.25) is 0 Å². The quantitative estimate of drug-likeness (QED) is 0.448. The number of allylic oxidation sites excluding steroid dienone is 1. The molecule has 1 N–H and O–H groups in total. The summed E-state index contributed by atoms with van der Waals surface area (Å²) in [6.07, 6.45) is 5.04. The lowest BCUT2D eigenvalue weighted by Crippen LogP contribution is -2.19. The van der Waals surface area contributed by atoms with Gasteiger partial charge in [-0.3, -0.25) is 0 Å². The van der Waals surface area contributed by atoms with Crippen molar-refractivity contribution in [3.63, 3.8) is 0 Å². The first-order valence-electron chi connectivity index (χ1n) is 8.68. The van der Waals surface area contributed by atoms with Crippen LogP contribution in [0.25, 0.3) is 5.76 Å². The molecular formula is C22H26O2Si. The summed E-state index contributed by atoms with van der Waals surface area (Å²) in [6, 6.07) is 17.3. The Bertz CT molecular complexity index is 752. The second-order valence-electron chi connectivity index (χ2n) is 7.41. The van der Waals surface area contributed by atoms with E-state index in [9.17, 15) is 0 Å². The van der Waals surface area contributed by atoms with Crippen LogP contribution in [0.5, 0.6) is 0 Å². The average Bonchev–Trinajstić information content (AvgIpc) is 2.62. The zero-order valence-corrected chi connectivity index (χ0v) is 16.4. The van der Waals surface area contributed by atoms with Crippen LogP contribution in [-0.2, 0) is 16.3 Å². The molecule has 0 spiro atoms. The van der Waals surface area contributed by atoms with Crippen LogP contribution in [-0.4, -0.2) is 14.4 Å². The summed E-state index contributed by atoms with van der Waals surface area (Å²) in [5, 5.41) is 0. The van der Waals surface area contributed by atoms with Crippen LogP contribution in [0.3, 0.4) is 0 Å². The predicted molar refractivity (Wildman–Crippen MR) is 107 cm³/mol. The molecule has 1 aliphatic rings. The van der Waals surface area contributed by atoms with E-state index in [1.807, 2.05) is 6.08 Å². The lowest BCUT2D eigenvalue weighted by molar-refractivity contribution is 0.0526. The molecule has 130 valence electrons. The van der Waals surface area contributed by atoms with E-state index in [0.29, 0.717) is 0 Å². The molecule has 3 rings (SSSR count). The Morgan fingerprint density at radius 2 is 1.76 bits per heavy atom. The lowest BCUT2D eigenvalue weighted by Gasteiger charge is -2.29. The lowest BCUT2D eigenvalue weighted by atomic mass is 9.86. The Kier molecular flexibility index (Phi) is 5.26. The summed E-state index contributed by atoms with van der Waals surface area (Å²) in [6.45, 7) is 10.5. The molecule has 0 aliphatic carbocycles. The maximum Gasteiger partial charge on any atom is 0.368 e. The van der Waals surface area contributed by atoms with E-state index in [4.69, 9.17) is 4.43 Å². The molecule has 25 heavy (non-hydrogen) atoms. The fraction of sp³-hybridized carbons (Fsp3) is 0.273. The van der Waals surface area contributed by atoms with Gasteiger partial charge in [-0.25, -0.2) is 0 Å². The van der Waals surface area contributed by atoms with Crippen molar-refractivity contribution in [2.24, 2.45) is 0 Å². The maximum atomic E-state index is 5.87. The molecular weight excluding hydrogens is 324 g/mol. The minimum atomic E-state index is -0.376. The fourth-order valence-electron chi connectivity index (χ4n) is 2.88. The van der Waals surface area contributed by atoms with Crippen LogP contribution in [0.4, 0.5) is 0 Å². The number of hydrogen-bond acceptors (Lipinski definition) is 1. The largest absolute Gasteiger partial charge is 0.648 e. The van der Waals surface area contributed by atoms with Gasteiger partial charge in [0.15, 0.2) is 6.10 Å². The SMILES string of the molecule is C=CCc1ccc(C2C=C(c3ccc(C(C)(C)C)cc3)O[SiH-][OH+]2)cc1. The molecule has 0 bridgehead atoms. The highest BCUT2D eigenvalue weighted by Crippen LogP contribution is 2.29. The number of benzene rings is 2. The topological polar surface area (TPSA) is 22.0 Å². The second-order valence-corrected chi connectivity index (χ2v) is 8.15. The van der Waals surface area contributed by atoms with Crippen LogP contribution in [0.15, 0.2) is 67.3 Å². The van der Waals surface area contributed by atoms with Gasteiger partial charge in [0.05, 0.1) is 5.76 Å². The Morgan fingerprint density at radius 3 is 2.36 bits per heavy atom. The van der Waals surface area contributed by atoms with E-state index in [1.165, 1.54) is 16.7 Å². The van der Waals surface area contributed by atoms with Gasteiger partial charge in [-0.2, -0.15) is 0 Å². The first-order chi connectivity index (χ1) is 12.0. The van der Waals surface area contributed by atoms with Crippen LogP contribution in [0.1, 0.15) is 49.1 Å². The van der Waals surface area contributed by atoms with Gasteiger partial charge in [0, 0.05) is 17.2 Å². The zero-order chi connectivity index (χ0) is 17.9. The van der Waals surface area contributed by atoms with Gasteiger partial charge in [0.1, 0.15) is 0 Å². The van der Waals surface area contributed by atoms with Crippen molar-refractivity contribution in [2.75, 3.05) is 0 Å². The second kappa shape index (κ2) is 7.42. The minimum Gasteiger partial charge on any atom is -0.648 e. The highest BCUT2D eigenvalue weighted by atomic mass is 28.3. The van der Waals surface area contributed by atoms with Crippen molar-refractivity contribution in [3.05, 3.63) is 89.5 Å². The molecule has 0 amide bonds. The maximum absolute atomic E-state index is 5.87. The van der Waals surface area contributed by atoms with E-state index in [-0.39, 0.29) is 21.5 Å². The van der Waals surface area contributed by atoms with E-state index >= 15 is 0 Å². The molecule has 1 heterocycles. The van der Waals surface area contributed by atoms with Crippen molar-refractivity contribution in [2.45, 2.75) is 38.7 Å². The highest BCUT2D eigenvalue weighted by molar-refractivity contribution is 6.20. The van der Waals surface area contributed by atoms with Gasteiger partial charge in [-0.1, -0.05) is 75.4 Å². The van der Waals surface area contributed by atoms with Crippen molar-refractivity contribution in [1.29, 1.82) is 0 Å². The normalized spacial score (nSPS) is 17.6. The van der Waals surface area contributed by atoms with Gasteiger partial charge in [-0.15, -0.1) is 6.58 Å². The molecule has 0 radical (unpaired) electrons. The smallest absolute Gasteiger partial charge is 0.368 e. The molecule has 2 aromatic carbocycles. The van der Waals surface area contributed by atoms with Crippen molar-refractivity contribution in [1.82, 2.24) is 0 Å². The molecule has 2 nitrogen and oxygen atoms in total. The summed E-state index contributed by atoms with van der Waals surface area (Å²) in [5.41, 5.74) is 5.12. The Hall–Kier alpha value is -2.10. The minimum absolute atomic E-state index is 0.0822. The summed E-state index contributed by atoms with van der Waals surface area (Å²) in [5.74, 6) is 0.950. The number of aliphatic hydroxyl groups is 1. The van der Waals surface area contributed by atoms with Crippen LogP contribution < -0.4 is 0 Å². The molecule has 3 heteroatoms. The Balaban J connectivity index is 1.81. The fourth-order valence-corrected chi connectivity index (χ4v) is 3.66. The van der Waals surface area contributed by atoms with Crippen LogP contribution in [0, 0.1) is 0 Å². The monoisotopic (exact) mass is 350 g/mol. The first-order valence-corrected chi connectivity index (χ1v) is 9.67. The van der Waals surface area contributed by atoms with E-state index < -0.39 is 0 Å². The molecule has 0 saturated carbocycles. The molecule has 0 aromatic heterocycles. The number of rotatable bonds is 4. The zero-order valence-electron chi connectivity index (χ0n) is 15.2. The van der Waals surface area contributed by atoms with Crippen molar-refractivity contribution in [3.8, 4) is 0 Å². The Morgan fingerprint density at radius 1 is 1.08 bits per heavy atom. The standard InChI is InChI=1S/C22H26O2Si/c1-5-6-16-7-9-17(10-8-16)20-15-21(24-25-23-20)18-11-13-19(14-12-18)22(2,3)4/h5,7-15,20,23,25H,1,6H2,2-4H3. The molecule has 1 atom stereocenters. The third-order valence-electron chi connectivity index (χ3n) is 4.45. The van der Waals surface area contributed by atoms with Crippen molar-refractivity contribution >= 4 is 15.8 Å². The number of hydrogen-bond donors (Lipinski definition) is 0. The van der Waals surface area contributed by atoms with Gasteiger partial charge >= 0.3 is 10.0 Å². The van der Waals surface area contributed by atoms with Gasteiger partial charge < -0.3 is 8.85 Å². The molecule has 0 saturated heterocycles. The van der Waals surface area contributed by atoms with E-state index in [0.717, 1.165) is 17.7 Å². The molecule has 0 fully saturated rings. The predicted octanol–water partition coefficient (Wildman–Crippen LogP) is 4.62. The van der Waals surface area contributed by atoms with Gasteiger partial charge in [0.2, 0.25) is 0 Å². The highest BCUT2D eigenvalue weighted by Gasteiger charge is 2.18. The molecule has 1 aliphatic heterocycles. The van der Waals surface area contributed by atoms with Gasteiger partial charge in [0.25, 0.3) is 0 Å². The van der Waals surface area contributed by atoms with E-state index in [1.54, 1.807) is 0 Å². The van der Waals surface area contributed by atoms with Crippen molar-refractivity contribution < 1.29 is 8.85 Å². The van der Waals surface area contributed by atoms with Crippen LogP contribution >= 0.6 is 0 Å². The first kappa shape index (κ1) is 17.7. The van der Waals surface area contributed by atoms with Gasteiger partial charge in [-0.05, 0) is 23.0 Å². The average molecular weight is 351 g/mol. The summed E-state index contributed by atoms with van der Waals surface area (Å²) >= 11 is 0. The molecule has 2 aromatic rings.